The first-order valence-electron chi connectivity index (χ1n) is 8.99. The summed E-state index contributed by atoms with van der Waals surface area (Å²) in [5.41, 5.74) is 2.68. The van der Waals surface area contributed by atoms with E-state index in [-0.39, 0.29) is 17.4 Å². The predicted molar refractivity (Wildman–Crippen MR) is 106 cm³/mol. The number of fused-ring (bicyclic) bond motifs is 1. The van der Waals surface area contributed by atoms with E-state index in [0.717, 1.165) is 5.69 Å². The summed E-state index contributed by atoms with van der Waals surface area (Å²) in [6.45, 7) is 4.55. The highest BCUT2D eigenvalue weighted by Gasteiger charge is 2.18. The van der Waals surface area contributed by atoms with Crippen LogP contribution in [0.3, 0.4) is 0 Å². The summed E-state index contributed by atoms with van der Waals surface area (Å²) in [6, 6.07) is 12.6. The summed E-state index contributed by atoms with van der Waals surface area (Å²) in [5, 5.41) is 9.91. The minimum atomic E-state index is -0.329. The fraction of sp³-hybridized carbons (Fsp3) is 0.200. The average molecular weight is 376 g/mol. The Kier molecular flexibility index (Phi) is 4.52. The van der Waals surface area contributed by atoms with Gasteiger partial charge in [0.15, 0.2) is 5.65 Å². The maximum atomic E-state index is 12.7. The number of nitrogens with zero attached hydrogens (tertiary/aromatic N) is 4. The number of hydrogen-bond donors (Lipinski definition) is 2. The summed E-state index contributed by atoms with van der Waals surface area (Å²) >= 11 is 0. The van der Waals surface area contributed by atoms with Crippen molar-refractivity contribution in [3.63, 3.8) is 0 Å². The van der Waals surface area contributed by atoms with Crippen LogP contribution < -0.4 is 10.9 Å². The lowest BCUT2D eigenvalue weighted by Gasteiger charge is -2.12. The van der Waals surface area contributed by atoms with Crippen LogP contribution in [-0.4, -0.2) is 30.3 Å². The second-order valence-corrected chi connectivity index (χ2v) is 6.74. The minimum Gasteiger partial charge on any atom is -0.322 e. The van der Waals surface area contributed by atoms with E-state index in [1.165, 1.54) is 16.8 Å². The first-order chi connectivity index (χ1) is 13.5. The fourth-order valence-corrected chi connectivity index (χ4v) is 3.08. The highest BCUT2D eigenvalue weighted by Crippen LogP contribution is 2.17. The van der Waals surface area contributed by atoms with E-state index in [4.69, 9.17) is 0 Å². The number of amides is 1. The molecule has 0 aliphatic heterocycles. The van der Waals surface area contributed by atoms with Gasteiger partial charge < -0.3 is 5.32 Å². The molecule has 1 aromatic carbocycles. The van der Waals surface area contributed by atoms with E-state index in [0.29, 0.717) is 29.1 Å². The van der Waals surface area contributed by atoms with Crippen LogP contribution in [0.4, 0.5) is 5.69 Å². The zero-order chi connectivity index (χ0) is 19.7. The van der Waals surface area contributed by atoms with Crippen LogP contribution in [0, 0.1) is 6.92 Å². The number of anilines is 1. The number of nitrogens with one attached hydrogen (secondary N) is 2. The van der Waals surface area contributed by atoms with Crippen LogP contribution in [0.15, 0.2) is 59.7 Å². The molecule has 8 nitrogen and oxygen atoms in total. The van der Waals surface area contributed by atoms with Gasteiger partial charge in [0.1, 0.15) is 5.56 Å². The van der Waals surface area contributed by atoms with E-state index in [9.17, 15) is 9.59 Å². The van der Waals surface area contributed by atoms with Crippen LogP contribution in [0.1, 0.15) is 34.6 Å². The van der Waals surface area contributed by atoms with Crippen molar-refractivity contribution < 1.29 is 4.79 Å². The van der Waals surface area contributed by atoms with Gasteiger partial charge in [0, 0.05) is 42.3 Å². The van der Waals surface area contributed by atoms with Crippen LogP contribution in [0.25, 0.3) is 5.65 Å². The molecule has 28 heavy (non-hydrogen) atoms. The largest absolute Gasteiger partial charge is 0.322 e. The lowest BCUT2D eigenvalue weighted by Crippen LogP contribution is -2.20. The summed E-state index contributed by atoms with van der Waals surface area (Å²) < 4.78 is 3.14. The fourth-order valence-electron chi connectivity index (χ4n) is 3.08. The van der Waals surface area contributed by atoms with Crippen molar-refractivity contribution in [1.29, 1.82) is 0 Å². The van der Waals surface area contributed by atoms with E-state index in [1.807, 2.05) is 42.8 Å². The molecule has 0 spiro atoms. The number of aromatic nitrogens is 5. The normalized spacial score (nSPS) is 12.2. The molecule has 2 N–H and O–H groups in total. The number of carbonyl (C=O) groups is 1. The second-order valence-electron chi connectivity index (χ2n) is 6.74. The molecule has 4 aromatic rings. The number of H-pyrrole nitrogens is 1. The van der Waals surface area contributed by atoms with Crippen LogP contribution in [0.5, 0.6) is 0 Å². The maximum Gasteiger partial charge on any atom is 0.272 e. The van der Waals surface area contributed by atoms with Crippen molar-refractivity contribution >= 4 is 17.2 Å². The smallest absolute Gasteiger partial charge is 0.272 e. The van der Waals surface area contributed by atoms with Gasteiger partial charge in [-0.15, -0.1) is 0 Å². The first-order valence-corrected chi connectivity index (χ1v) is 8.99. The molecule has 3 heterocycles. The molecule has 4 rings (SSSR count). The van der Waals surface area contributed by atoms with E-state index in [2.05, 4.69) is 20.5 Å². The summed E-state index contributed by atoms with van der Waals surface area (Å²) in [5.74, 6) is -0.374. The van der Waals surface area contributed by atoms with Gasteiger partial charge in [-0.25, -0.2) is 9.50 Å². The monoisotopic (exact) mass is 376 g/mol. The molecule has 8 heteroatoms. The lowest BCUT2D eigenvalue weighted by atomic mass is 10.1. The Morgan fingerprint density at radius 2 is 2.04 bits per heavy atom. The van der Waals surface area contributed by atoms with Gasteiger partial charge >= 0.3 is 0 Å². The number of benzene rings is 1. The molecule has 0 saturated carbocycles. The number of aromatic amines is 1. The number of carbonyl (C=O) groups excluding carboxylic acids is 1. The van der Waals surface area contributed by atoms with Gasteiger partial charge in [0.2, 0.25) is 0 Å². The molecule has 0 fully saturated rings. The number of rotatable bonds is 5. The third-order valence-electron chi connectivity index (χ3n) is 4.67. The number of hydrogen-bond acceptors (Lipinski definition) is 4. The molecular weight excluding hydrogens is 356 g/mol. The summed E-state index contributed by atoms with van der Waals surface area (Å²) in [6.07, 6.45) is 3.24. The van der Waals surface area contributed by atoms with Gasteiger partial charge in [0.05, 0.1) is 5.69 Å². The molecule has 0 radical (unpaired) electrons. The molecule has 3 aromatic heterocycles. The van der Waals surface area contributed by atoms with E-state index < -0.39 is 0 Å². The van der Waals surface area contributed by atoms with Crippen molar-refractivity contribution in [2.24, 2.45) is 0 Å². The molecule has 142 valence electrons. The van der Waals surface area contributed by atoms with Gasteiger partial charge in [-0.1, -0.05) is 25.1 Å². The Morgan fingerprint density at radius 1 is 1.25 bits per heavy atom. The SMILES string of the molecule is Cc1ccnn1CC(C)c1cc(=O)n2[nH]cc(C(=O)Nc3ccccc3)c2n1. The van der Waals surface area contributed by atoms with Gasteiger partial charge in [-0.2, -0.15) is 5.10 Å². The summed E-state index contributed by atoms with van der Waals surface area (Å²) in [4.78, 5) is 29.8. The minimum absolute atomic E-state index is 0.0452. The van der Waals surface area contributed by atoms with Crippen molar-refractivity contribution in [3.05, 3.63) is 82.2 Å². The van der Waals surface area contributed by atoms with Crippen molar-refractivity contribution in [2.75, 3.05) is 5.32 Å². The zero-order valence-corrected chi connectivity index (χ0v) is 15.6. The molecule has 0 bridgehead atoms. The molecule has 1 unspecified atom stereocenters. The first kappa shape index (κ1) is 17.7. The molecular formula is C20H20N6O2. The standard InChI is InChI=1S/C20H20N6O2/c1-13(12-25-14(2)8-9-21-25)17-10-18(27)26-19(24-17)16(11-22-26)20(28)23-15-6-4-3-5-7-15/h3-11,13,22H,12H2,1-2H3,(H,23,28). The van der Waals surface area contributed by atoms with Gasteiger partial charge in [-0.3, -0.25) is 19.4 Å². The number of aryl methyl sites for hydroxylation is 1. The molecule has 0 aliphatic carbocycles. The summed E-state index contributed by atoms with van der Waals surface area (Å²) in [7, 11) is 0. The maximum absolute atomic E-state index is 12.7. The highest BCUT2D eigenvalue weighted by atomic mass is 16.2. The topological polar surface area (TPSA) is 97.1 Å². The van der Waals surface area contributed by atoms with Crippen LogP contribution >= 0.6 is 0 Å². The van der Waals surface area contributed by atoms with E-state index in [1.54, 1.807) is 18.3 Å². The third-order valence-corrected chi connectivity index (χ3v) is 4.67. The molecule has 1 atom stereocenters. The van der Waals surface area contributed by atoms with Crippen LogP contribution in [-0.2, 0) is 6.54 Å². The quantitative estimate of drug-likeness (QED) is 0.559. The van der Waals surface area contributed by atoms with Crippen LogP contribution in [0.2, 0.25) is 0 Å². The highest BCUT2D eigenvalue weighted by molar-refractivity contribution is 6.08. The Hall–Kier alpha value is -3.68. The molecule has 1 amide bonds. The lowest BCUT2D eigenvalue weighted by molar-refractivity contribution is 0.102. The van der Waals surface area contributed by atoms with E-state index >= 15 is 0 Å². The molecule has 0 saturated heterocycles. The van der Waals surface area contributed by atoms with Gasteiger partial charge in [-0.05, 0) is 25.1 Å². The van der Waals surface area contributed by atoms with Crippen molar-refractivity contribution in [3.8, 4) is 0 Å². The third kappa shape index (κ3) is 3.32. The zero-order valence-electron chi connectivity index (χ0n) is 15.6. The number of para-hydroxylation sites is 1. The second kappa shape index (κ2) is 7.15. The van der Waals surface area contributed by atoms with Crippen molar-refractivity contribution in [1.82, 2.24) is 24.4 Å². The Balaban J connectivity index is 1.67. The molecule has 0 aliphatic rings. The predicted octanol–water partition coefficient (Wildman–Crippen LogP) is 2.58. The van der Waals surface area contributed by atoms with Gasteiger partial charge in [0.25, 0.3) is 11.5 Å². The van der Waals surface area contributed by atoms with Crippen molar-refractivity contribution in [2.45, 2.75) is 26.3 Å². The Labute approximate surface area is 160 Å². The Bertz CT molecular complexity index is 1190. The average Bonchev–Trinajstić information content (AvgIpc) is 3.29. The Morgan fingerprint density at radius 3 is 2.75 bits per heavy atom.